The van der Waals surface area contributed by atoms with Crippen molar-refractivity contribution < 1.29 is 167 Å². The zero-order valence-corrected chi connectivity index (χ0v) is 27.8. The van der Waals surface area contributed by atoms with E-state index in [1.54, 1.807) is 0 Å². The number of unbranched alkanes of at least 4 members (excludes halogenated alkanes) is 2. The van der Waals surface area contributed by atoms with Crippen molar-refractivity contribution in [2.75, 3.05) is 60.0 Å². The first kappa shape index (κ1) is 47.0. The summed E-state index contributed by atoms with van der Waals surface area (Å²) in [6.07, 6.45) is 2.69. The van der Waals surface area contributed by atoms with E-state index in [9.17, 15) is 24.6 Å². The van der Waals surface area contributed by atoms with Gasteiger partial charge in [-0.15, -0.1) is 0 Å². The number of carboxylic acid groups (broad SMARTS) is 2. The topological polar surface area (TPSA) is 237 Å². The van der Waals surface area contributed by atoms with Crippen LogP contribution >= 0.6 is 0 Å². The molecule has 202 valence electrons. The van der Waals surface area contributed by atoms with Crippen LogP contribution in [0.25, 0.3) is 0 Å². The predicted molar refractivity (Wildman–Crippen MR) is 114 cm³/mol. The number of hydrogen-bond donors (Lipinski definition) is 6. The number of rotatable bonds is 17. The fourth-order valence-electron chi connectivity index (χ4n) is 1.86. The molecule has 0 aliphatic carbocycles. The molecular weight excluding hydrogens is 538 g/mol. The van der Waals surface area contributed by atoms with Crippen LogP contribution in [0.3, 0.4) is 0 Å². The summed E-state index contributed by atoms with van der Waals surface area (Å²) < 4.78 is 9.29. The van der Waals surface area contributed by atoms with Gasteiger partial charge < -0.3 is 59.9 Å². The third-order valence-corrected chi connectivity index (χ3v) is 4.46. The maximum Gasteiger partial charge on any atom is 1.00 e. The van der Waals surface area contributed by atoms with Crippen molar-refractivity contribution in [3.63, 3.8) is 0 Å². The standard InChI is InChI=1S/C10H22O7.C7H12O4.C4H6O2.2K/c11-1-9(2-12,3-13)7-17-8-10(4-14,5-15)6-16;8-6(9)4-2-1-3-5-7(10)11;1-3-4(5)6-2;;/h11-16H,1-8H2;1-5H2,(H,8,9)(H,10,11);3H,1H2,2H3;;/q;;;2*+1/p-2. The quantitative estimate of drug-likeness (QED) is 0.0409. The molecule has 0 aromatic rings. The van der Waals surface area contributed by atoms with Crippen molar-refractivity contribution >= 4 is 17.9 Å². The number of aliphatic carboxylic acids is 2. The molecule has 0 saturated carbocycles. The average Bonchev–Trinajstić information content (AvgIpc) is 2.84. The summed E-state index contributed by atoms with van der Waals surface area (Å²) in [5, 5.41) is 73.9. The van der Waals surface area contributed by atoms with E-state index in [1.807, 2.05) is 0 Å². The summed E-state index contributed by atoms with van der Waals surface area (Å²) in [5.74, 6) is -2.56. The molecule has 0 aliphatic heterocycles. The number of ether oxygens (including phenoxy) is 2. The zero-order chi connectivity index (χ0) is 27.0. The van der Waals surface area contributed by atoms with Gasteiger partial charge in [-0.25, -0.2) is 4.79 Å². The molecule has 0 atom stereocenters. The molecule has 0 saturated heterocycles. The number of esters is 1. The van der Waals surface area contributed by atoms with Gasteiger partial charge in [-0.2, -0.15) is 0 Å². The fourth-order valence-corrected chi connectivity index (χ4v) is 1.86. The van der Waals surface area contributed by atoms with Crippen LogP contribution in [0.4, 0.5) is 0 Å². The number of methoxy groups -OCH3 is 1. The van der Waals surface area contributed by atoms with E-state index in [-0.39, 0.29) is 129 Å². The van der Waals surface area contributed by atoms with Crippen LogP contribution in [0, 0.1) is 10.8 Å². The molecule has 0 fully saturated rings. The smallest absolute Gasteiger partial charge is 0.550 e. The van der Waals surface area contributed by atoms with Gasteiger partial charge in [0.15, 0.2) is 0 Å². The van der Waals surface area contributed by atoms with Crippen molar-refractivity contribution in [1.82, 2.24) is 0 Å². The Hall–Kier alpha value is 1.14. The SMILES string of the molecule is C=CC(=O)OC.O=C([O-])CCCCCC(=O)[O-].OCC(CO)(CO)COCC(CO)(CO)CO.[K+].[K+]. The Morgan fingerprint density at radius 1 is 0.722 bits per heavy atom. The first-order valence-corrected chi connectivity index (χ1v) is 10.3. The first-order chi connectivity index (χ1) is 16.0. The van der Waals surface area contributed by atoms with Gasteiger partial charge in [0.1, 0.15) is 0 Å². The molecule has 0 aromatic heterocycles. The van der Waals surface area contributed by atoms with Crippen LogP contribution < -0.4 is 113 Å². The molecule has 13 nitrogen and oxygen atoms in total. The maximum atomic E-state index is 9.86. The molecule has 0 bridgehead atoms. The fraction of sp³-hybridized carbons (Fsp3) is 0.762. The van der Waals surface area contributed by atoms with Gasteiger partial charge in [-0.3, -0.25) is 0 Å². The molecule has 0 amide bonds. The van der Waals surface area contributed by atoms with Gasteiger partial charge in [0.05, 0.1) is 70.8 Å². The molecule has 0 aliphatic rings. The van der Waals surface area contributed by atoms with Crippen LogP contribution in [0.2, 0.25) is 0 Å². The van der Waals surface area contributed by atoms with E-state index in [2.05, 4.69) is 11.3 Å². The van der Waals surface area contributed by atoms with Crippen molar-refractivity contribution in [3.05, 3.63) is 12.7 Å². The number of carbonyl (C=O) groups is 3. The van der Waals surface area contributed by atoms with Gasteiger partial charge >= 0.3 is 109 Å². The summed E-state index contributed by atoms with van der Waals surface area (Å²) in [5.41, 5.74) is -2.32. The van der Waals surface area contributed by atoms with E-state index < -0.39 is 68.4 Å². The average molecular weight is 577 g/mol. The van der Waals surface area contributed by atoms with E-state index in [1.165, 1.54) is 7.11 Å². The van der Waals surface area contributed by atoms with Crippen molar-refractivity contribution in [2.24, 2.45) is 10.8 Å². The minimum Gasteiger partial charge on any atom is -0.550 e. The van der Waals surface area contributed by atoms with Gasteiger partial charge in [0.2, 0.25) is 0 Å². The summed E-state index contributed by atoms with van der Waals surface area (Å²) in [6.45, 7) is 0.152. The Morgan fingerprint density at radius 2 is 1.03 bits per heavy atom. The Kier molecular flexibility index (Phi) is 40.0. The van der Waals surface area contributed by atoms with Gasteiger partial charge in [-0.1, -0.05) is 13.0 Å². The summed E-state index contributed by atoms with van der Waals surface area (Å²) >= 11 is 0. The van der Waals surface area contributed by atoms with Crippen LogP contribution in [-0.2, 0) is 23.9 Å². The van der Waals surface area contributed by atoms with Gasteiger partial charge in [0.25, 0.3) is 0 Å². The monoisotopic (exact) mass is 576 g/mol. The summed E-state index contributed by atoms with van der Waals surface area (Å²) in [6, 6.07) is 0. The van der Waals surface area contributed by atoms with Crippen LogP contribution in [0.15, 0.2) is 12.7 Å². The zero-order valence-electron chi connectivity index (χ0n) is 21.5. The molecule has 0 spiro atoms. The number of aliphatic hydroxyl groups is 6. The molecule has 0 heterocycles. The number of carboxylic acids is 2. The number of hydrogen-bond acceptors (Lipinski definition) is 13. The maximum absolute atomic E-state index is 9.86. The number of aliphatic hydroxyl groups excluding tert-OH is 6. The van der Waals surface area contributed by atoms with Crippen LogP contribution in [-0.4, -0.2) is 109 Å². The van der Waals surface area contributed by atoms with Gasteiger partial charge in [-0.05, 0) is 25.7 Å². The van der Waals surface area contributed by atoms with Gasteiger partial charge in [0, 0.05) is 18.0 Å². The Morgan fingerprint density at radius 3 is 1.19 bits per heavy atom. The van der Waals surface area contributed by atoms with Crippen molar-refractivity contribution in [2.45, 2.75) is 32.1 Å². The normalized spacial score (nSPS) is 10.2. The minimum absolute atomic E-state index is 0. The summed E-state index contributed by atoms with van der Waals surface area (Å²) in [4.78, 5) is 29.6. The van der Waals surface area contributed by atoms with Crippen LogP contribution in [0.1, 0.15) is 32.1 Å². The molecule has 36 heavy (non-hydrogen) atoms. The summed E-state index contributed by atoms with van der Waals surface area (Å²) in [7, 11) is 1.31. The second-order valence-electron chi connectivity index (χ2n) is 7.47. The molecule has 0 radical (unpaired) electrons. The molecule has 6 N–H and O–H groups in total. The molecule has 15 heteroatoms. The van der Waals surface area contributed by atoms with E-state index in [0.29, 0.717) is 19.3 Å². The third kappa shape index (κ3) is 26.7. The van der Waals surface area contributed by atoms with Crippen molar-refractivity contribution in [3.8, 4) is 0 Å². The predicted octanol–water partition coefficient (Wildman–Crippen LogP) is -10.3. The minimum atomic E-state index is -1.16. The Balaban J connectivity index is -0.000000146. The Labute approximate surface area is 296 Å². The first-order valence-electron chi connectivity index (χ1n) is 10.3. The van der Waals surface area contributed by atoms with Crippen LogP contribution in [0.5, 0.6) is 0 Å². The molecule has 0 aromatic carbocycles. The van der Waals surface area contributed by atoms with E-state index in [0.717, 1.165) is 6.08 Å². The third-order valence-electron chi connectivity index (χ3n) is 4.46. The second-order valence-corrected chi connectivity index (χ2v) is 7.47. The van der Waals surface area contributed by atoms with E-state index >= 15 is 0 Å². The number of carbonyl (C=O) groups excluding carboxylic acids is 3. The van der Waals surface area contributed by atoms with Crippen molar-refractivity contribution in [1.29, 1.82) is 0 Å². The van der Waals surface area contributed by atoms with E-state index in [4.69, 9.17) is 35.4 Å². The molecule has 0 unspecified atom stereocenters. The molecular formula is C21H38K2O13. The Bertz CT molecular complexity index is 501. The largest absolute Gasteiger partial charge is 1.00 e. The molecule has 0 rings (SSSR count). The second kappa shape index (κ2) is 30.7.